The van der Waals surface area contributed by atoms with Crippen molar-refractivity contribution >= 4 is 11.9 Å². The average molecular weight is 338 g/mol. The second kappa shape index (κ2) is 6.35. The average Bonchev–Trinajstić information content (AvgIpc) is 3.09. The molecule has 1 atom stereocenters. The van der Waals surface area contributed by atoms with Crippen molar-refractivity contribution in [2.45, 2.75) is 19.1 Å². The van der Waals surface area contributed by atoms with Crippen LogP contribution in [-0.2, 0) is 11.4 Å². The van der Waals surface area contributed by atoms with Gasteiger partial charge in [-0.05, 0) is 23.8 Å². The number of hydrogen-bond donors (Lipinski definition) is 1. The van der Waals surface area contributed by atoms with Crippen molar-refractivity contribution < 1.29 is 13.9 Å². The number of rotatable bonds is 4. The predicted molar refractivity (Wildman–Crippen MR) is 88.6 cm³/mol. The maximum absolute atomic E-state index is 13.6. The van der Waals surface area contributed by atoms with Crippen LogP contribution in [0, 0.1) is 5.82 Å². The van der Waals surface area contributed by atoms with Gasteiger partial charge in [0.15, 0.2) is 0 Å². The summed E-state index contributed by atoms with van der Waals surface area (Å²) in [5.41, 5.74) is 1.43. The summed E-state index contributed by atoms with van der Waals surface area (Å²) >= 11 is 0. The molecule has 0 saturated carbocycles. The highest BCUT2D eigenvalue weighted by atomic mass is 19.1. The molecule has 3 aromatic rings. The topological polar surface area (TPSA) is 69.0 Å². The number of nitrogens with zero attached hydrogens (tertiary/aromatic N) is 3. The molecule has 2 aromatic carbocycles. The highest BCUT2D eigenvalue weighted by Crippen LogP contribution is 2.29. The highest BCUT2D eigenvalue weighted by Gasteiger charge is 2.27. The Hall–Kier alpha value is -3.22. The van der Waals surface area contributed by atoms with Crippen LogP contribution in [0.15, 0.2) is 54.9 Å². The molecule has 1 aromatic heterocycles. The van der Waals surface area contributed by atoms with Gasteiger partial charge < -0.3 is 4.74 Å². The molecule has 1 aliphatic heterocycles. The third-order valence-electron chi connectivity index (χ3n) is 4.12. The number of benzene rings is 2. The fraction of sp³-hybridized carbons (Fsp3) is 0.167. The van der Waals surface area contributed by atoms with E-state index in [2.05, 4.69) is 15.4 Å². The molecule has 0 fully saturated rings. The van der Waals surface area contributed by atoms with E-state index < -0.39 is 0 Å². The van der Waals surface area contributed by atoms with Crippen LogP contribution in [0.1, 0.15) is 23.6 Å². The Bertz CT molecular complexity index is 907. The van der Waals surface area contributed by atoms with Crippen LogP contribution in [0.3, 0.4) is 0 Å². The van der Waals surface area contributed by atoms with Crippen molar-refractivity contribution in [3.8, 4) is 5.75 Å². The molecule has 25 heavy (non-hydrogen) atoms. The maximum atomic E-state index is 13.6. The summed E-state index contributed by atoms with van der Waals surface area (Å²) in [6, 6.07) is 13.7. The van der Waals surface area contributed by atoms with Crippen LogP contribution in [0.25, 0.3) is 0 Å². The third kappa shape index (κ3) is 3.08. The molecular formula is C18H15FN4O2. The number of carbonyl (C=O) groups is 1. The van der Waals surface area contributed by atoms with Gasteiger partial charge in [-0.25, -0.2) is 9.07 Å². The van der Waals surface area contributed by atoms with Gasteiger partial charge >= 0.3 is 0 Å². The van der Waals surface area contributed by atoms with Gasteiger partial charge in [-0.15, -0.1) is 0 Å². The second-order valence-electron chi connectivity index (χ2n) is 5.75. The molecule has 126 valence electrons. The van der Waals surface area contributed by atoms with Gasteiger partial charge in [0.25, 0.3) is 0 Å². The van der Waals surface area contributed by atoms with Crippen LogP contribution in [0.4, 0.5) is 10.3 Å². The molecule has 4 rings (SSSR count). The molecule has 2 heterocycles. The minimum Gasteiger partial charge on any atom is -0.489 e. The first kappa shape index (κ1) is 15.3. The van der Waals surface area contributed by atoms with Gasteiger partial charge in [-0.2, -0.15) is 10.1 Å². The quantitative estimate of drug-likeness (QED) is 0.794. The van der Waals surface area contributed by atoms with E-state index in [1.807, 2.05) is 12.1 Å². The Labute approximate surface area is 143 Å². The number of nitrogens with one attached hydrogen (secondary N) is 1. The molecule has 1 aliphatic rings. The Morgan fingerprint density at radius 2 is 2.00 bits per heavy atom. The molecule has 0 bridgehead atoms. The monoisotopic (exact) mass is 338 g/mol. The van der Waals surface area contributed by atoms with Crippen LogP contribution in [0.2, 0.25) is 0 Å². The summed E-state index contributed by atoms with van der Waals surface area (Å²) in [5.74, 6) is 0.698. The summed E-state index contributed by atoms with van der Waals surface area (Å²) in [5, 5.41) is 6.86. The first-order valence-electron chi connectivity index (χ1n) is 7.86. The van der Waals surface area contributed by atoms with E-state index in [1.165, 1.54) is 12.4 Å². The zero-order chi connectivity index (χ0) is 17.2. The van der Waals surface area contributed by atoms with Gasteiger partial charge in [0.05, 0.1) is 12.5 Å². The SMILES string of the molecule is O=C1C[C@@H](c2ccc(OCc3ccccc3F)cc2)n2ncnc2N1. The highest BCUT2D eigenvalue weighted by molar-refractivity contribution is 5.91. The number of hydrogen-bond acceptors (Lipinski definition) is 4. The molecule has 0 aliphatic carbocycles. The summed E-state index contributed by atoms with van der Waals surface area (Å²) in [4.78, 5) is 15.8. The Balaban J connectivity index is 1.50. The van der Waals surface area contributed by atoms with E-state index in [-0.39, 0.29) is 24.4 Å². The Morgan fingerprint density at radius 3 is 2.80 bits per heavy atom. The summed E-state index contributed by atoms with van der Waals surface area (Å²) in [6.07, 6.45) is 1.71. The van der Waals surface area contributed by atoms with Crippen LogP contribution >= 0.6 is 0 Å². The van der Waals surface area contributed by atoms with E-state index in [1.54, 1.807) is 35.0 Å². The predicted octanol–water partition coefficient (Wildman–Crippen LogP) is 2.93. The molecule has 1 amide bonds. The number of anilines is 1. The van der Waals surface area contributed by atoms with E-state index in [0.29, 0.717) is 23.7 Å². The van der Waals surface area contributed by atoms with Crippen LogP contribution < -0.4 is 10.1 Å². The molecule has 6 nitrogen and oxygen atoms in total. The molecule has 0 saturated heterocycles. The lowest BCUT2D eigenvalue weighted by Crippen LogP contribution is -2.29. The number of halogens is 1. The van der Waals surface area contributed by atoms with Crippen molar-refractivity contribution in [2.24, 2.45) is 0 Å². The first-order chi connectivity index (χ1) is 12.2. The lowest BCUT2D eigenvalue weighted by molar-refractivity contribution is -0.117. The number of carbonyl (C=O) groups excluding carboxylic acids is 1. The van der Waals surface area contributed by atoms with Gasteiger partial charge in [0.1, 0.15) is 24.5 Å². The van der Waals surface area contributed by atoms with E-state index in [4.69, 9.17) is 4.74 Å². The van der Waals surface area contributed by atoms with Crippen LogP contribution in [0.5, 0.6) is 5.75 Å². The van der Waals surface area contributed by atoms with Gasteiger partial charge in [0, 0.05) is 5.56 Å². The minimum absolute atomic E-state index is 0.0922. The molecule has 7 heteroatoms. The van der Waals surface area contributed by atoms with Crippen molar-refractivity contribution in [3.05, 3.63) is 71.8 Å². The molecule has 1 N–H and O–H groups in total. The number of ether oxygens (including phenoxy) is 1. The summed E-state index contributed by atoms with van der Waals surface area (Å²) in [6.45, 7) is 0.158. The van der Waals surface area contributed by atoms with Gasteiger partial charge in [-0.3, -0.25) is 10.1 Å². The normalized spacial score (nSPS) is 16.2. The lowest BCUT2D eigenvalue weighted by Gasteiger charge is -2.23. The molecular weight excluding hydrogens is 323 g/mol. The Morgan fingerprint density at radius 1 is 1.20 bits per heavy atom. The molecule has 0 radical (unpaired) electrons. The molecule has 0 spiro atoms. The second-order valence-corrected chi connectivity index (χ2v) is 5.75. The summed E-state index contributed by atoms with van der Waals surface area (Å²) < 4.78 is 20.9. The zero-order valence-corrected chi connectivity index (χ0v) is 13.2. The fourth-order valence-electron chi connectivity index (χ4n) is 2.83. The van der Waals surface area contributed by atoms with Crippen molar-refractivity contribution in [3.63, 3.8) is 0 Å². The number of amides is 1. The fourth-order valence-corrected chi connectivity index (χ4v) is 2.83. The smallest absolute Gasteiger partial charge is 0.229 e. The lowest BCUT2D eigenvalue weighted by atomic mass is 10.0. The van der Waals surface area contributed by atoms with Crippen molar-refractivity contribution in [2.75, 3.05) is 5.32 Å². The van der Waals surface area contributed by atoms with Crippen LogP contribution in [-0.4, -0.2) is 20.7 Å². The third-order valence-corrected chi connectivity index (χ3v) is 4.12. The van der Waals surface area contributed by atoms with Crippen molar-refractivity contribution in [1.82, 2.24) is 14.8 Å². The minimum atomic E-state index is -0.286. The van der Waals surface area contributed by atoms with Gasteiger partial charge in [0.2, 0.25) is 11.9 Å². The van der Waals surface area contributed by atoms with Gasteiger partial charge in [-0.1, -0.05) is 30.3 Å². The maximum Gasteiger partial charge on any atom is 0.229 e. The van der Waals surface area contributed by atoms with Crippen molar-refractivity contribution in [1.29, 1.82) is 0 Å². The first-order valence-corrected chi connectivity index (χ1v) is 7.86. The largest absolute Gasteiger partial charge is 0.489 e. The number of aromatic nitrogens is 3. The van der Waals surface area contributed by atoms with E-state index in [9.17, 15) is 9.18 Å². The zero-order valence-electron chi connectivity index (χ0n) is 13.2. The van der Waals surface area contributed by atoms with E-state index in [0.717, 1.165) is 5.56 Å². The molecule has 0 unspecified atom stereocenters. The number of fused-ring (bicyclic) bond motifs is 1. The Kier molecular flexibility index (Phi) is 3.89. The standard InChI is InChI=1S/C18H15FN4O2/c19-15-4-2-1-3-13(15)10-25-14-7-5-12(6-8-14)16-9-17(24)22-18-20-11-21-23(16)18/h1-8,11,16H,9-10H2,(H,20,21,22,24)/t16-/m0/s1. The summed E-state index contributed by atoms with van der Waals surface area (Å²) in [7, 11) is 0. The van der Waals surface area contributed by atoms with E-state index >= 15 is 0 Å².